The van der Waals surface area contributed by atoms with Crippen molar-refractivity contribution in [2.75, 3.05) is 7.05 Å². The summed E-state index contributed by atoms with van der Waals surface area (Å²) in [6.45, 7) is 0. The van der Waals surface area contributed by atoms with Crippen LogP contribution in [0.1, 0.15) is 43.2 Å². The van der Waals surface area contributed by atoms with Gasteiger partial charge in [-0.2, -0.15) is 0 Å². The van der Waals surface area contributed by atoms with Gasteiger partial charge in [0.25, 0.3) is 11.1 Å². The first kappa shape index (κ1) is 19.5. The highest BCUT2D eigenvalue weighted by atomic mass is 32.2. The molecule has 1 saturated heterocycles. The molecule has 1 aromatic carbocycles. The maximum absolute atomic E-state index is 12.6. The van der Waals surface area contributed by atoms with Crippen molar-refractivity contribution in [1.82, 2.24) is 10.2 Å². The molecule has 0 bridgehead atoms. The number of imide groups is 1. The summed E-state index contributed by atoms with van der Waals surface area (Å²) in [6.07, 6.45) is 12.4. The summed E-state index contributed by atoms with van der Waals surface area (Å²) in [5.74, 6) is -0.397. The van der Waals surface area contributed by atoms with Crippen LogP contribution in [0.4, 0.5) is 4.79 Å². The van der Waals surface area contributed by atoms with Crippen molar-refractivity contribution >= 4 is 51.9 Å². The lowest BCUT2D eigenvalue weighted by Crippen LogP contribution is -2.37. The van der Waals surface area contributed by atoms with E-state index >= 15 is 0 Å². The van der Waals surface area contributed by atoms with E-state index in [-0.39, 0.29) is 17.1 Å². The third kappa shape index (κ3) is 4.29. The number of nitrogens with one attached hydrogen (secondary N) is 1. The van der Waals surface area contributed by atoms with Crippen molar-refractivity contribution in [3.63, 3.8) is 0 Å². The topological polar surface area (TPSA) is 79.6 Å². The molecule has 150 valence electrons. The van der Waals surface area contributed by atoms with Crippen LogP contribution in [0, 0.1) is 0 Å². The maximum atomic E-state index is 12.6. The van der Waals surface area contributed by atoms with Gasteiger partial charge in [-0.3, -0.25) is 19.7 Å². The fourth-order valence-electron chi connectivity index (χ4n) is 3.78. The van der Waals surface area contributed by atoms with Crippen LogP contribution < -0.4 is 5.32 Å². The van der Waals surface area contributed by atoms with Crippen LogP contribution in [-0.2, 0) is 9.59 Å². The number of hydrogen-bond acceptors (Lipinski definition) is 5. The minimum Gasteiger partial charge on any atom is -0.464 e. The summed E-state index contributed by atoms with van der Waals surface area (Å²) in [5.41, 5.74) is 2.27. The summed E-state index contributed by atoms with van der Waals surface area (Å²) in [7, 11) is 1.87. The van der Waals surface area contributed by atoms with E-state index in [2.05, 4.69) is 5.32 Å². The maximum Gasteiger partial charge on any atom is 0.290 e. The number of thioether (sulfide) groups is 1. The first-order valence-electron chi connectivity index (χ1n) is 9.72. The Hall–Kier alpha value is -2.80. The molecule has 1 aromatic heterocycles. The highest BCUT2D eigenvalue weighted by Gasteiger charge is 2.25. The number of likely N-dealkylation sites (N-methyl/N-ethyl adjacent to an activating group) is 1. The van der Waals surface area contributed by atoms with Gasteiger partial charge < -0.3 is 9.32 Å². The molecule has 7 heteroatoms. The second kappa shape index (κ2) is 8.29. The number of amides is 3. The van der Waals surface area contributed by atoms with Gasteiger partial charge in [0, 0.05) is 30.1 Å². The summed E-state index contributed by atoms with van der Waals surface area (Å²) in [6, 6.07) is 5.84. The molecule has 1 aliphatic heterocycles. The zero-order valence-corrected chi connectivity index (χ0v) is 17.0. The van der Waals surface area contributed by atoms with Gasteiger partial charge in [-0.15, -0.1) is 0 Å². The van der Waals surface area contributed by atoms with E-state index in [1.165, 1.54) is 19.3 Å². The Morgan fingerprint density at radius 1 is 1.24 bits per heavy atom. The standard InChI is InChI=1S/C22H22N2O4S/c1-24(16-5-3-2-4-6-16)20(25)10-8-15-13-28-18-9-7-14(11-17(15)18)12-19-21(26)23-22(27)29-19/h7-13,16H,2-6H2,1H3,(H,23,26,27). The Labute approximate surface area is 173 Å². The number of benzene rings is 1. The average molecular weight is 410 g/mol. The Bertz CT molecular complexity index is 1030. The van der Waals surface area contributed by atoms with Crippen LogP contribution in [0.5, 0.6) is 0 Å². The third-order valence-corrected chi connectivity index (χ3v) is 6.25. The number of fused-ring (bicyclic) bond motifs is 1. The summed E-state index contributed by atoms with van der Waals surface area (Å²) < 4.78 is 5.59. The fourth-order valence-corrected chi connectivity index (χ4v) is 4.47. The molecule has 0 unspecified atom stereocenters. The van der Waals surface area contributed by atoms with Crippen molar-refractivity contribution in [2.24, 2.45) is 0 Å². The monoisotopic (exact) mass is 410 g/mol. The van der Waals surface area contributed by atoms with Crippen molar-refractivity contribution in [1.29, 1.82) is 0 Å². The molecule has 29 heavy (non-hydrogen) atoms. The molecule has 1 saturated carbocycles. The molecule has 3 amide bonds. The first-order valence-corrected chi connectivity index (χ1v) is 10.5. The summed E-state index contributed by atoms with van der Waals surface area (Å²) >= 11 is 0.885. The number of rotatable bonds is 4. The molecule has 2 fully saturated rings. The minimum atomic E-state index is -0.385. The second-order valence-corrected chi connectivity index (χ2v) is 8.39. The molecule has 1 N–H and O–H groups in total. The number of hydrogen-bond donors (Lipinski definition) is 1. The van der Waals surface area contributed by atoms with Gasteiger partial charge in [-0.05, 0) is 54.5 Å². The number of furan rings is 1. The van der Waals surface area contributed by atoms with Gasteiger partial charge in [-0.1, -0.05) is 25.3 Å². The van der Waals surface area contributed by atoms with E-state index in [0.717, 1.165) is 41.1 Å². The smallest absolute Gasteiger partial charge is 0.290 e. The Kier molecular flexibility index (Phi) is 5.58. The molecular formula is C22H22N2O4S. The Morgan fingerprint density at radius 2 is 2.03 bits per heavy atom. The first-order chi connectivity index (χ1) is 14.0. The van der Waals surface area contributed by atoms with E-state index in [9.17, 15) is 14.4 Å². The van der Waals surface area contributed by atoms with Crippen LogP contribution in [0.3, 0.4) is 0 Å². The minimum absolute atomic E-state index is 0.0120. The average Bonchev–Trinajstić information content (AvgIpc) is 3.28. The van der Waals surface area contributed by atoms with Gasteiger partial charge >= 0.3 is 0 Å². The lowest BCUT2D eigenvalue weighted by Gasteiger charge is -2.30. The molecule has 6 nitrogen and oxygen atoms in total. The van der Waals surface area contributed by atoms with Gasteiger partial charge in [0.2, 0.25) is 5.91 Å². The van der Waals surface area contributed by atoms with Gasteiger partial charge in [-0.25, -0.2) is 0 Å². The highest BCUT2D eigenvalue weighted by molar-refractivity contribution is 8.18. The fraction of sp³-hybridized carbons (Fsp3) is 0.318. The third-order valence-electron chi connectivity index (χ3n) is 5.44. The van der Waals surface area contributed by atoms with Crippen LogP contribution in [-0.4, -0.2) is 35.0 Å². The summed E-state index contributed by atoms with van der Waals surface area (Å²) in [4.78, 5) is 37.8. The Morgan fingerprint density at radius 3 is 2.76 bits per heavy atom. The number of carbonyl (C=O) groups is 3. The molecule has 0 atom stereocenters. The SMILES string of the molecule is CN(C(=O)C=Cc1coc2ccc(C=C3SC(=O)NC3=O)cc12)C1CCCCC1. The van der Waals surface area contributed by atoms with E-state index in [4.69, 9.17) is 4.42 Å². The second-order valence-electron chi connectivity index (χ2n) is 7.37. The Balaban J connectivity index is 1.54. The predicted octanol–water partition coefficient (Wildman–Crippen LogP) is 4.56. The van der Waals surface area contributed by atoms with Crippen LogP contribution in [0.25, 0.3) is 23.1 Å². The molecule has 1 aliphatic carbocycles. The molecule has 2 aromatic rings. The number of carbonyl (C=O) groups excluding carboxylic acids is 3. The molecule has 2 heterocycles. The number of nitrogens with zero attached hydrogens (tertiary/aromatic N) is 1. The highest BCUT2D eigenvalue weighted by Crippen LogP contribution is 2.29. The van der Waals surface area contributed by atoms with Crippen LogP contribution in [0.2, 0.25) is 0 Å². The molecule has 4 rings (SSSR count). The van der Waals surface area contributed by atoms with Crippen molar-refractivity contribution in [2.45, 2.75) is 38.1 Å². The summed E-state index contributed by atoms with van der Waals surface area (Å²) in [5, 5.41) is 2.73. The lowest BCUT2D eigenvalue weighted by atomic mass is 9.94. The quantitative estimate of drug-likeness (QED) is 0.748. The van der Waals surface area contributed by atoms with Crippen molar-refractivity contribution in [3.05, 3.63) is 46.6 Å². The van der Waals surface area contributed by atoms with E-state index in [1.54, 1.807) is 24.5 Å². The van der Waals surface area contributed by atoms with Gasteiger partial charge in [0.15, 0.2) is 0 Å². The van der Waals surface area contributed by atoms with Crippen LogP contribution >= 0.6 is 11.8 Å². The van der Waals surface area contributed by atoms with Crippen molar-refractivity contribution in [3.8, 4) is 0 Å². The molecule has 0 radical (unpaired) electrons. The van der Waals surface area contributed by atoms with Crippen molar-refractivity contribution < 1.29 is 18.8 Å². The lowest BCUT2D eigenvalue weighted by molar-refractivity contribution is -0.127. The molecule has 0 spiro atoms. The van der Waals surface area contributed by atoms with E-state index in [1.807, 2.05) is 30.1 Å². The van der Waals surface area contributed by atoms with E-state index in [0.29, 0.717) is 16.5 Å². The van der Waals surface area contributed by atoms with Crippen LogP contribution in [0.15, 0.2) is 39.9 Å². The molecular weight excluding hydrogens is 388 g/mol. The van der Waals surface area contributed by atoms with Gasteiger partial charge in [0.1, 0.15) is 5.58 Å². The zero-order valence-electron chi connectivity index (χ0n) is 16.1. The molecule has 2 aliphatic rings. The van der Waals surface area contributed by atoms with Gasteiger partial charge in [0.05, 0.1) is 11.2 Å². The van der Waals surface area contributed by atoms with E-state index < -0.39 is 0 Å². The predicted molar refractivity (Wildman–Crippen MR) is 114 cm³/mol. The normalized spacial score (nSPS) is 19.4. The zero-order chi connectivity index (χ0) is 20.4. The largest absolute Gasteiger partial charge is 0.464 e.